The van der Waals surface area contributed by atoms with Crippen molar-refractivity contribution in [1.29, 1.82) is 0 Å². The van der Waals surface area contributed by atoms with E-state index < -0.39 is 5.97 Å². The first-order chi connectivity index (χ1) is 10.6. The van der Waals surface area contributed by atoms with Crippen LogP contribution in [0.25, 0.3) is 0 Å². The Kier molecular flexibility index (Phi) is 4.23. The van der Waals surface area contributed by atoms with E-state index >= 15 is 0 Å². The lowest BCUT2D eigenvalue weighted by Gasteiger charge is -2.36. The van der Waals surface area contributed by atoms with Gasteiger partial charge in [-0.2, -0.15) is 0 Å². The van der Waals surface area contributed by atoms with Crippen molar-refractivity contribution in [3.63, 3.8) is 0 Å². The lowest BCUT2D eigenvalue weighted by atomic mass is 9.84. The fourth-order valence-electron chi connectivity index (χ4n) is 3.50. The van der Waals surface area contributed by atoms with E-state index in [4.69, 9.17) is 9.52 Å². The van der Waals surface area contributed by atoms with Crippen molar-refractivity contribution < 1.29 is 19.1 Å². The minimum Gasteiger partial charge on any atom is -0.478 e. The van der Waals surface area contributed by atoms with Crippen molar-refractivity contribution in [2.75, 3.05) is 0 Å². The fraction of sp³-hybridized carbons (Fsp3) is 0.647. The van der Waals surface area contributed by atoms with Crippen LogP contribution in [0.4, 0.5) is 0 Å². The second-order valence-corrected chi connectivity index (χ2v) is 6.53. The number of rotatable bonds is 5. The van der Waals surface area contributed by atoms with Gasteiger partial charge in [0, 0.05) is 18.2 Å². The lowest BCUT2D eigenvalue weighted by molar-refractivity contribution is 0.0554. The van der Waals surface area contributed by atoms with Crippen LogP contribution in [-0.2, 0) is 0 Å². The highest BCUT2D eigenvalue weighted by molar-refractivity contribution is 5.96. The zero-order valence-corrected chi connectivity index (χ0v) is 13.0. The van der Waals surface area contributed by atoms with Crippen LogP contribution in [0.1, 0.15) is 72.8 Å². The molecule has 1 aromatic heterocycles. The molecule has 0 spiro atoms. The molecule has 0 aromatic carbocycles. The van der Waals surface area contributed by atoms with Gasteiger partial charge >= 0.3 is 5.97 Å². The number of hydrogen-bond acceptors (Lipinski definition) is 3. The Morgan fingerprint density at radius 3 is 2.23 bits per heavy atom. The molecule has 120 valence electrons. The summed E-state index contributed by atoms with van der Waals surface area (Å²) in [6.07, 6.45) is 8.91. The minimum atomic E-state index is -1.07. The minimum absolute atomic E-state index is 0.0359. The van der Waals surface area contributed by atoms with Crippen molar-refractivity contribution in [3.8, 4) is 0 Å². The molecule has 2 saturated carbocycles. The van der Waals surface area contributed by atoms with E-state index in [0.717, 1.165) is 37.9 Å². The molecule has 2 aliphatic carbocycles. The molecule has 5 nitrogen and oxygen atoms in total. The molecule has 0 bridgehead atoms. The Hall–Kier alpha value is -1.78. The van der Waals surface area contributed by atoms with Gasteiger partial charge in [0.15, 0.2) is 5.76 Å². The molecular formula is C17H23NO4. The summed E-state index contributed by atoms with van der Waals surface area (Å²) in [6, 6.07) is 1.94. The van der Waals surface area contributed by atoms with Gasteiger partial charge in [0.25, 0.3) is 5.91 Å². The third-order valence-electron chi connectivity index (χ3n) is 5.02. The van der Waals surface area contributed by atoms with E-state index in [0.29, 0.717) is 6.04 Å². The molecule has 5 heteroatoms. The number of aromatic carboxylic acids is 1. The van der Waals surface area contributed by atoms with Crippen LogP contribution in [0, 0.1) is 5.92 Å². The van der Waals surface area contributed by atoms with Gasteiger partial charge in [-0.05, 0) is 44.4 Å². The van der Waals surface area contributed by atoms with Gasteiger partial charge in [0.2, 0.25) is 0 Å². The van der Waals surface area contributed by atoms with Crippen LogP contribution in [-0.4, -0.2) is 34.0 Å². The van der Waals surface area contributed by atoms with Gasteiger partial charge in [-0.25, -0.2) is 4.79 Å². The number of hydrogen-bond donors (Lipinski definition) is 1. The largest absolute Gasteiger partial charge is 0.478 e. The molecule has 1 N–H and O–H groups in total. The number of furan rings is 1. The van der Waals surface area contributed by atoms with Gasteiger partial charge in [-0.1, -0.05) is 13.3 Å². The van der Waals surface area contributed by atoms with Crippen molar-refractivity contribution in [2.24, 2.45) is 5.92 Å². The van der Waals surface area contributed by atoms with E-state index in [2.05, 4.69) is 6.92 Å². The van der Waals surface area contributed by atoms with Crippen LogP contribution in [0.2, 0.25) is 0 Å². The first kappa shape index (κ1) is 15.1. The Labute approximate surface area is 130 Å². The Morgan fingerprint density at radius 2 is 1.77 bits per heavy atom. The number of carbonyl (C=O) groups excluding carboxylic acids is 1. The van der Waals surface area contributed by atoms with Gasteiger partial charge in [-0.3, -0.25) is 4.79 Å². The van der Waals surface area contributed by atoms with Gasteiger partial charge < -0.3 is 14.4 Å². The summed E-state index contributed by atoms with van der Waals surface area (Å²) in [6.45, 7) is 2.23. The van der Waals surface area contributed by atoms with Crippen LogP contribution in [0.5, 0.6) is 0 Å². The average Bonchev–Trinajstić information content (AvgIpc) is 3.22. The average molecular weight is 305 g/mol. The maximum atomic E-state index is 12.8. The monoisotopic (exact) mass is 305 g/mol. The number of carbonyl (C=O) groups is 2. The second kappa shape index (κ2) is 6.15. The molecule has 22 heavy (non-hydrogen) atoms. The van der Waals surface area contributed by atoms with E-state index in [9.17, 15) is 9.59 Å². The fourth-order valence-corrected chi connectivity index (χ4v) is 3.50. The van der Waals surface area contributed by atoms with E-state index in [1.165, 1.54) is 25.3 Å². The quantitative estimate of drug-likeness (QED) is 0.903. The highest BCUT2D eigenvalue weighted by atomic mass is 16.4. The summed E-state index contributed by atoms with van der Waals surface area (Å²) in [7, 11) is 0. The summed E-state index contributed by atoms with van der Waals surface area (Å²) in [5, 5.41) is 8.96. The summed E-state index contributed by atoms with van der Waals surface area (Å²) >= 11 is 0. The van der Waals surface area contributed by atoms with Gasteiger partial charge in [-0.15, -0.1) is 0 Å². The highest BCUT2D eigenvalue weighted by Crippen LogP contribution is 2.37. The zero-order valence-electron chi connectivity index (χ0n) is 13.0. The molecule has 1 aromatic rings. The Balaban J connectivity index is 1.73. The van der Waals surface area contributed by atoms with Crippen LogP contribution < -0.4 is 0 Å². The van der Waals surface area contributed by atoms with E-state index in [-0.39, 0.29) is 23.3 Å². The predicted molar refractivity (Wildman–Crippen MR) is 80.9 cm³/mol. The van der Waals surface area contributed by atoms with Crippen molar-refractivity contribution in [2.45, 2.75) is 64.0 Å². The van der Waals surface area contributed by atoms with E-state index in [1.54, 1.807) is 0 Å². The van der Waals surface area contributed by atoms with Gasteiger partial charge in [0.1, 0.15) is 6.26 Å². The maximum Gasteiger partial charge on any atom is 0.338 e. The third kappa shape index (κ3) is 3.03. The predicted octanol–water partition coefficient (Wildman–Crippen LogP) is 3.55. The molecule has 3 rings (SSSR count). The van der Waals surface area contributed by atoms with E-state index in [1.807, 2.05) is 4.90 Å². The maximum absolute atomic E-state index is 12.8. The number of nitrogens with zero attached hydrogens (tertiary/aromatic N) is 1. The smallest absolute Gasteiger partial charge is 0.338 e. The molecule has 1 amide bonds. The summed E-state index contributed by atoms with van der Waals surface area (Å²) in [4.78, 5) is 25.7. The second-order valence-electron chi connectivity index (χ2n) is 6.53. The van der Waals surface area contributed by atoms with Crippen LogP contribution >= 0.6 is 0 Å². The number of carboxylic acids is 1. The Morgan fingerprint density at radius 1 is 1.18 bits per heavy atom. The molecule has 0 unspecified atom stereocenters. The number of carboxylic acid groups (broad SMARTS) is 1. The highest BCUT2D eigenvalue weighted by Gasteiger charge is 2.40. The summed E-state index contributed by atoms with van der Waals surface area (Å²) in [5.41, 5.74) is 0.0359. The first-order valence-corrected chi connectivity index (χ1v) is 8.24. The summed E-state index contributed by atoms with van der Waals surface area (Å²) in [5.74, 6) is -0.268. The number of amides is 1. The molecule has 0 radical (unpaired) electrons. The first-order valence-electron chi connectivity index (χ1n) is 8.24. The Bertz CT molecular complexity index is 553. The normalized spacial score (nSPS) is 25.0. The zero-order chi connectivity index (χ0) is 15.7. The molecule has 2 fully saturated rings. The van der Waals surface area contributed by atoms with Crippen molar-refractivity contribution >= 4 is 11.9 Å². The van der Waals surface area contributed by atoms with Gasteiger partial charge in [0.05, 0.1) is 5.56 Å². The molecule has 0 saturated heterocycles. The molecule has 2 aliphatic rings. The topological polar surface area (TPSA) is 70.8 Å². The third-order valence-corrected chi connectivity index (χ3v) is 5.02. The summed E-state index contributed by atoms with van der Waals surface area (Å²) < 4.78 is 5.21. The van der Waals surface area contributed by atoms with Crippen LogP contribution in [0.15, 0.2) is 16.7 Å². The van der Waals surface area contributed by atoms with Crippen molar-refractivity contribution in [3.05, 3.63) is 23.7 Å². The molecule has 0 atom stereocenters. The van der Waals surface area contributed by atoms with Crippen LogP contribution in [0.3, 0.4) is 0 Å². The van der Waals surface area contributed by atoms with Crippen molar-refractivity contribution in [1.82, 2.24) is 4.90 Å². The SMILES string of the molecule is CCC1CCC(N(C(=O)c2cc(C(=O)O)co2)C2CC2)CC1. The molecule has 0 aliphatic heterocycles. The molecular weight excluding hydrogens is 282 g/mol. The molecule has 1 heterocycles. The lowest BCUT2D eigenvalue weighted by Crippen LogP contribution is -2.43. The standard InChI is InChI=1S/C17H23NO4/c1-2-11-3-5-13(6-4-11)18(14-7-8-14)16(19)15-9-12(10-22-15)17(20)21/h9-11,13-14H,2-8H2,1H3,(H,20,21).